The average Bonchev–Trinajstić information content (AvgIpc) is 2.95. The summed E-state index contributed by atoms with van der Waals surface area (Å²) in [5, 5.41) is 3.41. The third-order valence-electron chi connectivity index (χ3n) is 6.84. The van der Waals surface area contributed by atoms with Crippen LogP contribution in [0, 0.1) is 22.7 Å². The average molecular weight is 249 g/mol. The van der Waals surface area contributed by atoms with Crippen LogP contribution < -0.4 is 5.32 Å². The predicted molar refractivity (Wildman–Crippen MR) is 73.1 cm³/mol. The molecule has 3 rings (SSSR count). The van der Waals surface area contributed by atoms with E-state index in [1.165, 1.54) is 32.1 Å². The molecule has 18 heavy (non-hydrogen) atoms. The maximum Gasteiger partial charge on any atom is 0.223 e. The maximum atomic E-state index is 12.3. The highest BCUT2D eigenvalue weighted by Gasteiger charge is 2.61. The zero-order chi connectivity index (χ0) is 13.0. The third-order valence-corrected chi connectivity index (χ3v) is 6.84. The van der Waals surface area contributed by atoms with Crippen molar-refractivity contribution in [2.24, 2.45) is 22.7 Å². The lowest BCUT2D eigenvalue weighted by Gasteiger charge is -2.39. The van der Waals surface area contributed by atoms with E-state index in [0.29, 0.717) is 28.7 Å². The number of hydrogen-bond acceptors (Lipinski definition) is 1. The highest BCUT2D eigenvalue weighted by Crippen LogP contribution is 2.65. The van der Waals surface area contributed by atoms with Gasteiger partial charge in [-0.3, -0.25) is 4.79 Å². The van der Waals surface area contributed by atoms with E-state index in [4.69, 9.17) is 0 Å². The van der Waals surface area contributed by atoms with Crippen LogP contribution in [0.2, 0.25) is 0 Å². The molecule has 0 aromatic carbocycles. The molecule has 3 aliphatic carbocycles. The fourth-order valence-corrected chi connectivity index (χ4v) is 4.90. The number of amides is 1. The number of nitrogens with one attached hydrogen (secondary N) is 1. The van der Waals surface area contributed by atoms with Gasteiger partial charge in [0.1, 0.15) is 0 Å². The first-order chi connectivity index (χ1) is 8.45. The number of rotatable bonds is 2. The summed E-state index contributed by atoms with van der Waals surface area (Å²) in [4.78, 5) is 12.3. The van der Waals surface area contributed by atoms with Crippen molar-refractivity contribution in [3.63, 3.8) is 0 Å². The van der Waals surface area contributed by atoms with Crippen molar-refractivity contribution in [3.05, 3.63) is 0 Å². The standard InChI is InChI=1S/C16H27NO/c1-15(2)12-8-9-16(15,3)13(10-12)17-14(18)11-6-4-5-7-11/h11-13H,4-10H2,1-3H3,(H,17,18). The molecule has 3 atom stereocenters. The van der Waals surface area contributed by atoms with E-state index in [9.17, 15) is 4.79 Å². The van der Waals surface area contributed by atoms with E-state index in [0.717, 1.165) is 18.8 Å². The van der Waals surface area contributed by atoms with Crippen molar-refractivity contribution < 1.29 is 4.79 Å². The Morgan fingerprint density at radius 2 is 1.78 bits per heavy atom. The molecule has 3 aliphatic rings. The Morgan fingerprint density at radius 1 is 1.11 bits per heavy atom. The summed E-state index contributed by atoms with van der Waals surface area (Å²) in [6, 6.07) is 0.430. The molecule has 3 fully saturated rings. The Labute approximate surface area is 111 Å². The van der Waals surface area contributed by atoms with Crippen molar-refractivity contribution in [2.45, 2.75) is 71.8 Å². The molecule has 2 bridgehead atoms. The molecular weight excluding hydrogens is 222 g/mol. The van der Waals surface area contributed by atoms with E-state index in [1.807, 2.05) is 0 Å². The van der Waals surface area contributed by atoms with Gasteiger partial charge in [0.2, 0.25) is 5.91 Å². The quantitative estimate of drug-likeness (QED) is 0.797. The second-order valence-corrected chi connectivity index (χ2v) is 7.65. The van der Waals surface area contributed by atoms with E-state index >= 15 is 0 Å². The van der Waals surface area contributed by atoms with Crippen LogP contribution in [-0.4, -0.2) is 11.9 Å². The molecule has 0 heterocycles. The predicted octanol–water partition coefficient (Wildman–Crippen LogP) is 3.51. The van der Waals surface area contributed by atoms with Crippen molar-refractivity contribution in [1.29, 1.82) is 0 Å². The Balaban J connectivity index is 1.70. The van der Waals surface area contributed by atoms with Gasteiger partial charge in [-0.2, -0.15) is 0 Å². The van der Waals surface area contributed by atoms with Gasteiger partial charge in [0, 0.05) is 12.0 Å². The molecule has 0 aliphatic heterocycles. The van der Waals surface area contributed by atoms with Gasteiger partial charge >= 0.3 is 0 Å². The van der Waals surface area contributed by atoms with E-state index in [2.05, 4.69) is 26.1 Å². The van der Waals surface area contributed by atoms with E-state index < -0.39 is 0 Å². The second kappa shape index (κ2) is 3.98. The molecule has 0 radical (unpaired) electrons. The summed E-state index contributed by atoms with van der Waals surface area (Å²) in [7, 11) is 0. The van der Waals surface area contributed by atoms with Crippen LogP contribution in [0.5, 0.6) is 0 Å². The van der Waals surface area contributed by atoms with Gasteiger partial charge in [0.25, 0.3) is 0 Å². The summed E-state index contributed by atoms with van der Waals surface area (Å²) in [5.41, 5.74) is 0.729. The summed E-state index contributed by atoms with van der Waals surface area (Å²) >= 11 is 0. The largest absolute Gasteiger partial charge is 0.353 e. The molecule has 1 N–H and O–H groups in total. The molecule has 0 spiro atoms. The monoisotopic (exact) mass is 249 g/mol. The van der Waals surface area contributed by atoms with Crippen molar-refractivity contribution >= 4 is 5.91 Å². The number of hydrogen-bond donors (Lipinski definition) is 1. The SMILES string of the molecule is CC1(C)C2CCC1(C)C(NC(=O)C1CCCC1)C2. The van der Waals surface area contributed by atoms with Crippen LogP contribution in [0.15, 0.2) is 0 Å². The molecule has 0 saturated heterocycles. The molecule has 2 heteroatoms. The molecule has 0 aromatic rings. The van der Waals surface area contributed by atoms with Gasteiger partial charge in [0.05, 0.1) is 0 Å². The maximum absolute atomic E-state index is 12.3. The minimum Gasteiger partial charge on any atom is -0.353 e. The van der Waals surface area contributed by atoms with Crippen LogP contribution in [0.1, 0.15) is 65.7 Å². The van der Waals surface area contributed by atoms with Gasteiger partial charge in [-0.05, 0) is 48.9 Å². The van der Waals surface area contributed by atoms with Crippen LogP contribution >= 0.6 is 0 Å². The van der Waals surface area contributed by atoms with Gasteiger partial charge < -0.3 is 5.32 Å². The Bertz CT molecular complexity index is 356. The van der Waals surface area contributed by atoms with Gasteiger partial charge in [0.15, 0.2) is 0 Å². The number of carbonyl (C=O) groups excluding carboxylic acids is 1. The molecule has 3 unspecified atom stereocenters. The number of carbonyl (C=O) groups is 1. The van der Waals surface area contributed by atoms with Gasteiger partial charge in [-0.15, -0.1) is 0 Å². The minimum absolute atomic E-state index is 0.316. The Hall–Kier alpha value is -0.530. The molecule has 0 aromatic heterocycles. The van der Waals surface area contributed by atoms with Crippen LogP contribution in [0.4, 0.5) is 0 Å². The molecule has 102 valence electrons. The highest BCUT2D eigenvalue weighted by molar-refractivity contribution is 5.79. The van der Waals surface area contributed by atoms with Crippen LogP contribution in [0.3, 0.4) is 0 Å². The topological polar surface area (TPSA) is 29.1 Å². The lowest BCUT2D eigenvalue weighted by atomic mass is 9.69. The summed E-state index contributed by atoms with van der Waals surface area (Å²) in [6.07, 6.45) is 8.58. The Kier molecular flexibility index (Phi) is 2.76. The summed E-state index contributed by atoms with van der Waals surface area (Å²) in [5.74, 6) is 1.48. The smallest absolute Gasteiger partial charge is 0.223 e. The molecular formula is C16H27NO. The van der Waals surface area contributed by atoms with Crippen molar-refractivity contribution in [3.8, 4) is 0 Å². The first-order valence-corrected chi connectivity index (χ1v) is 7.75. The molecule has 3 saturated carbocycles. The molecule has 1 amide bonds. The van der Waals surface area contributed by atoms with Crippen LogP contribution in [-0.2, 0) is 4.79 Å². The summed E-state index contributed by atoms with van der Waals surface area (Å²) in [6.45, 7) is 7.22. The number of fused-ring (bicyclic) bond motifs is 2. The fourth-order valence-electron chi connectivity index (χ4n) is 4.90. The molecule has 2 nitrogen and oxygen atoms in total. The first-order valence-electron chi connectivity index (χ1n) is 7.75. The zero-order valence-electron chi connectivity index (χ0n) is 12.1. The Morgan fingerprint density at radius 3 is 2.28 bits per heavy atom. The lowest BCUT2D eigenvalue weighted by Crippen LogP contribution is -2.48. The normalized spacial score (nSPS) is 42.4. The second-order valence-electron chi connectivity index (χ2n) is 7.65. The van der Waals surface area contributed by atoms with E-state index in [1.54, 1.807) is 0 Å². The summed E-state index contributed by atoms with van der Waals surface area (Å²) < 4.78 is 0. The zero-order valence-corrected chi connectivity index (χ0v) is 12.1. The lowest BCUT2D eigenvalue weighted by molar-refractivity contribution is -0.126. The van der Waals surface area contributed by atoms with Crippen LogP contribution in [0.25, 0.3) is 0 Å². The van der Waals surface area contributed by atoms with Gasteiger partial charge in [-0.25, -0.2) is 0 Å². The van der Waals surface area contributed by atoms with Gasteiger partial charge in [-0.1, -0.05) is 33.6 Å². The van der Waals surface area contributed by atoms with E-state index in [-0.39, 0.29) is 0 Å². The van der Waals surface area contributed by atoms with Crippen molar-refractivity contribution in [1.82, 2.24) is 5.32 Å². The highest BCUT2D eigenvalue weighted by atomic mass is 16.2. The minimum atomic E-state index is 0.316. The third kappa shape index (κ3) is 1.57. The fraction of sp³-hybridized carbons (Fsp3) is 0.938. The van der Waals surface area contributed by atoms with Crippen molar-refractivity contribution in [2.75, 3.05) is 0 Å². The first kappa shape index (κ1) is 12.5.